The molecule has 1 amide bonds. The Labute approximate surface area is 169 Å². The van der Waals surface area contributed by atoms with Crippen LogP contribution in [-0.2, 0) is 9.53 Å². The Balaban J connectivity index is 1.55. The number of amides is 1. The highest BCUT2D eigenvalue weighted by molar-refractivity contribution is 7.99. The van der Waals surface area contributed by atoms with Crippen molar-refractivity contribution in [2.45, 2.75) is 57.1 Å². The highest BCUT2D eigenvalue weighted by Gasteiger charge is 2.21. The van der Waals surface area contributed by atoms with Crippen molar-refractivity contribution in [1.82, 2.24) is 14.8 Å². The summed E-state index contributed by atoms with van der Waals surface area (Å²) in [5.74, 6) is 0.673. The Bertz CT molecular complexity index is 813. The number of hydrogen-bond acceptors (Lipinski definition) is 6. The quantitative estimate of drug-likeness (QED) is 0.556. The van der Waals surface area contributed by atoms with Gasteiger partial charge < -0.3 is 14.6 Å². The van der Waals surface area contributed by atoms with Crippen LogP contribution in [0.5, 0.6) is 0 Å². The summed E-state index contributed by atoms with van der Waals surface area (Å²) in [5.41, 5.74) is 1.11. The summed E-state index contributed by atoms with van der Waals surface area (Å²) in [7, 11) is 0. The van der Waals surface area contributed by atoms with E-state index in [1.54, 1.807) is 31.2 Å². The van der Waals surface area contributed by atoms with Crippen molar-refractivity contribution in [3.8, 4) is 0 Å². The minimum absolute atomic E-state index is 0.121. The van der Waals surface area contributed by atoms with Crippen molar-refractivity contribution in [1.29, 1.82) is 0 Å². The third kappa shape index (κ3) is 5.13. The SMILES string of the molecule is CCOC(=O)c1ccc(NC(=O)CSc2nnc(C)n2C2CCCCC2)cc1. The van der Waals surface area contributed by atoms with E-state index < -0.39 is 0 Å². The summed E-state index contributed by atoms with van der Waals surface area (Å²) in [6.07, 6.45) is 6.04. The number of aromatic nitrogens is 3. The van der Waals surface area contributed by atoms with Crippen LogP contribution in [0.15, 0.2) is 29.4 Å². The molecule has 1 heterocycles. The van der Waals surface area contributed by atoms with E-state index in [4.69, 9.17) is 4.74 Å². The molecule has 1 aliphatic carbocycles. The molecule has 1 aromatic heterocycles. The summed E-state index contributed by atoms with van der Waals surface area (Å²) in [5, 5.41) is 12.1. The Hall–Kier alpha value is -2.35. The molecule has 0 unspecified atom stereocenters. The summed E-state index contributed by atoms with van der Waals surface area (Å²) >= 11 is 1.41. The first-order valence-corrected chi connectivity index (χ1v) is 10.7. The number of aryl methyl sites for hydroxylation is 1. The van der Waals surface area contributed by atoms with E-state index in [9.17, 15) is 9.59 Å². The number of esters is 1. The van der Waals surface area contributed by atoms with Crippen LogP contribution in [-0.4, -0.2) is 39.0 Å². The first-order chi connectivity index (χ1) is 13.6. The fourth-order valence-corrected chi connectivity index (χ4v) is 4.29. The van der Waals surface area contributed by atoms with Crippen molar-refractivity contribution in [3.63, 3.8) is 0 Å². The van der Waals surface area contributed by atoms with Crippen molar-refractivity contribution in [2.24, 2.45) is 0 Å². The number of nitrogens with one attached hydrogen (secondary N) is 1. The number of thioether (sulfide) groups is 1. The molecule has 1 aliphatic rings. The lowest BCUT2D eigenvalue weighted by atomic mass is 9.95. The fourth-order valence-electron chi connectivity index (χ4n) is 3.44. The molecule has 2 aromatic rings. The number of nitrogens with zero attached hydrogens (tertiary/aromatic N) is 3. The molecule has 0 spiro atoms. The lowest BCUT2D eigenvalue weighted by molar-refractivity contribution is -0.113. The first kappa shape index (κ1) is 20.4. The van der Waals surface area contributed by atoms with Gasteiger partial charge in [-0.15, -0.1) is 10.2 Å². The number of hydrogen-bond donors (Lipinski definition) is 1. The van der Waals surface area contributed by atoms with Crippen molar-refractivity contribution >= 4 is 29.3 Å². The van der Waals surface area contributed by atoms with Crippen molar-refractivity contribution in [3.05, 3.63) is 35.7 Å². The second-order valence-electron chi connectivity index (χ2n) is 6.83. The van der Waals surface area contributed by atoms with Gasteiger partial charge in [0.2, 0.25) is 5.91 Å². The monoisotopic (exact) mass is 402 g/mol. The van der Waals surface area contributed by atoms with Gasteiger partial charge >= 0.3 is 5.97 Å². The molecule has 3 rings (SSSR count). The number of rotatable bonds is 7. The average Bonchev–Trinajstić information content (AvgIpc) is 3.08. The van der Waals surface area contributed by atoms with Crippen LogP contribution in [0.3, 0.4) is 0 Å². The van der Waals surface area contributed by atoms with E-state index in [2.05, 4.69) is 20.1 Å². The molecule has 1 saturated carbocycles. The lowest BCUT2D eigenvalue weighted by Crippen LogP contribution is -2.17. The zero-order valence-corrected chi connectivity index (χ0v) is 17.1. The number of benzene rings is 1. The van der Waals surface area contributed by atoms with Crippen LogP contribution in [0.25, 0.3) is 0 Å². The van der Waals surface area contributed by atoms with E-state index >= 15 is 0 Å². The van der Waals surface area contributed by atoms with Crippen molar-refractivity contribution in [2.75, 3.05) is 17.7 Å². The van der Waals surface area contributed by atoms with Gasteiger partial charge in [0, 0.05) is 11.7 Å². The second-order valence-corrected chi connectivity index (χ2v) is 7.77. The number of ether oxygens (including phenoxy) is 1. The van der Waals surface area contributed by atoms with Gasteiger partial charge in [-0.1, -0.05) is 31.0 Å². The molecule has 0 atom stereocenters. The summed E-state index contributed by atoms with van der Waals surface area (Å²) in [6, 6.07) is 7.12. The topological polar surface area (TPSA) is 86.1 Å². The molecule has 8 heteroatoms. The van der Waals surface area contributed by atoms with Gasteiger partial charge in [-0.3, -0.25) is 4.79 Å². The third-order valence-corrected chi connectivity index (χ3v) is 5.73. The maximum Gasteiger partial charge on any atom is 0.338 e. The smallest absolute Gasteiger partial charge is 0.338 e. The zero-order chi connectivity index (χ0) is 19.9. The predicted octanol–water partition coefficient (Wildman–Crippen LogP) is 4.00. The highest BCUT2D eigenvalue weighted by atomic mass is 32.2. The van der Waals surface area contributed by atoms with Crippen LogP contribution >= 0.6 is 11.8 Å². The van der Waals surface area contributed by atoms with Gasteiger partial charge in [-0.2, -0.15) is 0 Å². The molecular weight excluding hydrogens is 376 g/mol. The van der Waals surface area contributed by atoms with E-state index in [0.717, 1.165) is 23.8 Å². The number of carbonyl (C=O) groups excluding carboxylic acids is 2. The Morgan fingerprint density at radius 2 is 1.89 bits per heavy atom. The van der Waals surface area contributed by atoms with Gasteiger partial charge in [-0.05, 0) is 51.0 Å². The zero-order valence-electron chi connectivity index (χ0n) is 16.3. The van der Waals surface area contributed by atoms with Crippen LogP contribution < -0.4 is 5.32 Å². The van der Waals surface area contributed by atoms with E-state index in [-0.39, 0.29) is 17.6 Å². The van der Waals surface area contributed by atoms with Crippen LogP contribution in [0.1, 0.15) is 61.3 Å². The number of anilines is 1. The Morgan fingerprint density at radius 3 is 2.57 bits per heavy atom. The maximum atomic E-state index is 12.3. The molecule has 0 aliphatic heterocycles. The molecule has 7 nitrogen and oxygen atoms in total. The molecule has 0 radical (unpaired) electrons. The average molecular weight is 403 g/mol. The standard InChI is InChI=1S/C20H26N4O3S/c1-3-27-19(26)15-9-11-16(12-10-15)21-18(25)13-28-20-23-22-14(2)24(20)17-7-5-4-6-8-17/h9-12,17H,3-8,13H2,1-2H3,(H,21,25). The van der Waals surface area contributed by atoms with E-state index in [0.29, 0.717) is 23.9 Å². The predicted molar refractivity (Wildman–Crippen MR) is 109 cm³/mol. The Kier molecular flexibility index (Phi) is 7.08. The molecule has 0 saturated heterocycles. The fraction of sp³-hybridized carbons (Fsp3) is 0.500. The van der Waals surface area contributed by atoms with Gasteiger partial charge in [0.05, 0.1) is 17.9 Å². The summed E-state index contributed by atoms with van der Waals surface area (Å²) in [4.78, 5) is 24.0. The molecular formula is C20H26N4O3S. The normalized spacial score (nSPS) is 14.6. The van der Waals surface area contributed by atoms with Gasteiger partial charge in [0.25, 0.3) is 0 Å². The molecule has 0 bridgehead atoms. The minimum Gasteiger partial charge on any atom is -0.462 e. The van der Waals surface area contributed by atoms with E-state index in [1.165, 1.54) is 31.0 Å². The molecule has 1 fully saturated rings. The number of carbonyl (C=O) groups is 2. The molecule has 150 valence electrons. The van der Waals surface area contributed by atoms with Gasteiger partial charge in [0.15, 0.2) is 5.16 Å². The lowest BCUT2D eigenvalue weighted by Gasteiger charge is -2.24. The van der Waals surface area contributed by atoms with Crippen molar-refractivity contribution < 1.29 is 14.3 Å². The van der Waals surface area contributed by atoms with Gasteiger partial charge in [-0.25, -0.2) is 4.79 Å². The third-order valence-electron chi connectivity index (χ3n) is 4.79. The van der Waals surface area contributed by atoms with Crippen LogP contribution in [0, 0.1) is 6.92 Å². The van der Waals surface area contributed by atoms with Crippen LogP contribution in [0.4, 0.5) is 5.69 Å². The maximum absolute atomic E-state index is 12.3. The van der Waals surface area contributed by atoms with Gasteiger partial charge in [0.1, 0.15) is 5.82 Å². The molecule has 1 aromatic carbocycles. The highest BCUT2D eigenvalue weighted by Crippen LogP contribution is 2.32. The second kappa shape index (κ2) is 9.73. The Morgan fingerprint density at radius 1 is 1.18 bits per heavy atom. The summed E-state index contributed by atoms with van der Waals surface area (Å²) < 4.78 is 7.14. The largest absolute Gasteiger partial charge is 0.462 e. The molecule has 1 N–H and O–H groups in total. The summed E-state index contributed by atoms with van der Waals surface area (Å²) in [6.45, 7) is 4.07. The first-order valence-electron chi connectivity index (χ1n) is 9.69. The van der Waals surface area contributed by atoms with Crippen LogP contribution in [0.2, 0.25) is 0 Å². The minimum atomic E-state index is -0.367. The van der Waals surface area contributed by atoms with E-state index in [1.807, 2.05) is 6.92 Å². The molecule has 28 heavy (non-hydrogen) atoms.